The summed E-state index contributed by atoms with van der Waals surface area (Å²) in [5.74, 6) is 2.38. The fraction of sp³-hybridized carbons (Fsp3) is 1.00. The van der Waals surface area contributed by atoms with E-state index in [0.29, 0.717) is 0 Å². The third-order valence-electron chi connectivity index (χ3n) is 2.57. The largest absolute Gasteiger partial charge is 0.330 e. The lowest BCUT2D eigenvalue weighted by molar-refractivity contribution is 0.285. The van der Waals surface area contributed by atoms with E-state index < -0.39 is 0 Å². The lowest BCUT2D eigenvalue weighted by atomic mass is 9.84. The lowest BCUT2D eigenvalue weighted by Gasteiger charge is -2.22. The molecular weight excluding hydrogens is 122 g/mol. The molecule has 0 aliphatic heterocycles. The van der Waals surface area contributed by atoms with Crippen molar-refractivity contribution in [2.24, 2.45) is 23.5 Å². The van der Waals surface area contributed by atoms with E-state index in [4.69, 9.17) is 5.73 Å². The smallest absolute Gasteiger partial charge is 0.00746 e. The zero-order valence-electron chi connectivity index (χ0n) is 7.72. The van der Waals surface area contributed by atoms with Crippen LogP contribution in [0.15, 0.2) is 0 Å². The Morgan fingerprint density at radius 2 is 1.60 bits per heavy atom. The molecule has 2 unspecified atom stereocenters. The van der Waals surface area contributed by atoms with Crippen LogP contribution in [0.4, 0.5) is 0 Å². The van der Waals surface area contributed by atoms with Gasteiger partial charge in [-0.2, -0.15) is 0 Å². The highest BCUT2D eigenvalue weighted by Crippen LogP contribution is 2.21. The average molecular weight is 143 g/mol. The highest BCUT2D eigenvalue weighted by molar-refractivity contribution is 4.64. The summed E-state index contributed by atoms with van der Waals surface area (Å²) in [6.07, 6.45) is 1.17. The molecule has 2 atom stereocenters. The molecule has 1 nitrogen and oxygen atoms in total. The molecule has 0 rings (SSSR count). The fourth-order valence-corrected chi connectivity index (χ4v) is 1.18. The Kier molecular flexibility index (Phi) is 4.71. The van der Waals surface area contributed by atoms with Crippen LogP contribution in [-0.2, 0) is 0 Å². The highest BCUT2D eigenvalue weighted by Gasteiger charge is 2.14. The summed E-state index contributed by atoms with van der Waals surface area (Å²) in [4.78, 5) is 0. The monoisotopic (exact) mass is 143 g/mol. The van der Waals surface area contributed by atoms with Crippen LogP contribution >= 0.6 is 0 Å². The molecule has 0 aromatic heterocycles. The molecule has 0 bridgehead atoms. The summed E-state index contributed by atoms with van der Waals surface area (Å²) in [5.41, 5.74) is 5.47. The van der Waals surface area contributed by atoms with Crippen LogP contribution in [0, 0.1) is 17.8 Å². The van der Waals surface area contributed by atoms with E-state index >= 15 is 0 Å². The predicted octanol–water partition coefficient (Wildman–Crippen LogP) is 2.26. The predicted molar refractivity (Wildman–Crippen MR) is 46.8 cm³/mol. The lowest BCUT2D eigenvalue weighted by Crippen LogP contribution is -2.17. The van der Waals surface area contributed by atoms with Crippen molar-refractivity contribution in [3.05, 3.63) is 0 Å². The van der Waals surface area contributed by atoms with Gasteiger partial charge in [0.15, 0.2) is 0 Å². The molecule has 0 heterocycles. The van der Waals surface area contributed by atoms with Crippen LogP contribution < -0.4 is 5.73 Å². The summed E-state index contributed by atoms with van der Waals surface area (Å²) in [5, 5.41) is 0. The van der Waals surface area contributed by atoms with Gasteiger partial charge in [-0.15, -0.1) is 0 Å². The Bertz CT molecular complexity index is 78.8. The first-order chi connectivity index (χ1) is 4.59. The molecule has 2 N–H and O–H groups in total. The van der Waals surface area contributed by atoms with E-state index in [1.54, 1.807) is 0 Å². The number of hydrogen-bond donors (Lipinski definition) is 1. The van der Waals surface area contributed by atoms with Crippen LogP contribution in [0.1, 0.15) is 34.1 Å². The van der Waals surface area contributed by atoms with Gasteiger partial charge < -0.3 is 5.73 Å². The molecule has 0 radical (unpaired) electrons. The van der Waals surface area contributed by atoms with Gasteiger partial charge in [0.2, 0.25) is 0 Å². The highest BCUT2D eigenvalue weighted by atomic mass is 14.5. The van der Waals surface area contributed by atoms with Crippen molar-refractivity contribution >= 4 is 0 Å². The van der Waals surface area contributed by atoms with E-state index in [2.05, 4.69) is 27.7 Å². The molecule has 0 saturated carbocycles. The standard InChI is InChI=1S/C9H21N/c1-7(2)9(4)8(3)5-6-10/h7-9H,5-6,10H2,1-4H3. The van der Waals surface area contributed by atoms with E-state index in [1.807, 2.05) is 0 Å². The van der Waals surface area contributed by atoms with Gasteiger partial charge in [0.1, 0.15) is 0 Å². The van der Waals surface area contributed by atoms with Gasteiger partial charge in [-0.05, 0) is 30.7 Å². The van der Waals surface area contributed by atoms with Crippen LogP contribution in [0.2, 0.25) is 0 Å². The molecule has 0 aromatic rings. The minimum Gasteiger partial charge on any atom is -0.330 e. The van der Waals surface area contributed by atoms with Crippen molar-refractivity contribution < 1.29 is 0 Å². The zero-order valence-corrected chi connectivity index (χ0v) is 7.72. The second-order valence-electron chi connectivity index (χ2n) is 3.66. The number of rotatable bonds is 4. The Hall–Kier alpha value is -0.0400. The second-order valence-corrected chi connectivity index (χ2v) is 3.66. The van der Waals surface area contributed by atoms with Crippen molar-refractivity contribution in [1.82, 2.24) is 0 Å². The molecule has 0 spiro atoms. The van der Waals surface area contributed by atoms with Crippen LogP contribution in [0.3, 0.4) is 0 Å². The van der Waals surface area contributed by atoms with Crippen LogP contribution in [-0.4, -0.2) is 6.54 Å². The number of nitrogens with two attached hydrogens (primary N) is 1. The van der Waals surface area contributed by atoms with E-state index in [0.717, 1.165) is 24.3 Å². The van der Waals surface area contributed by atoms with Gasteiger partial charge in [0, 0.05) is 0 Å². The van der Waals surface area contributed by atoms with Gasteiger partial charge in [0.05, 0.1) is 0 Å². The normalized spacial score (nSPS) is 17.4. The van der Waals surface area contributed by atoms with E-state index in [-0.39, 0.29) is 0 Å². The van der Waals surface area contributed by atoms with Gasteiger partial charge in [-0.1, -0.05) is 27.7 Å². The summed E-state index contributed by atoms with van der Waals surface area (Å²) < 4.78 is 0. The molecule has 0 amide bonds. The summed E-state index contributed by atoms with van der Waals surface area (Å²) in [6.45, 7) is 9.98. The van der Waals surface area contributed by atoms with Gasteiger partial charge in [-0.25, -0.2) is 0 Å². The van der Waals surface area contributed by atoms with Crippen LogP contribution in [0.5, 0.6) is 0 Å². The minimum atomic E-state index is 0.782. The van der Waals surface area contributed by atoms with E-state index in [9.17, 15) is 0 Å². The van der Waals surface area contributed by atoms with Gasteiger partial charge in [-0.3, -0.25) is 0 Å². The third kappa shape index (κ3) is 3.21. The Morgan fingerprint density at radius 3 is 1.90 bits per heavy atom. The molecule has 0 aliphatic rings. The maximum absolute atomic E-state index is 5.47. The van der Waals surface area contributed by atoms with Gasteiger partial charge in [0.25, 0.3) is 0 Å². The zero-order chi connectivity index (χ0) is 8.15. The minimum absolute atomic E-state index is 0.782. The molecular formula is C9H21N. The van der Waals surface area contributed by atoms with Gasteiger partial charge >= 0.3 is 0 Å². The van der Waals surface area contributed by atoms with Crippen molar-refractivity contribution in [3.63, 3.8) is 0 Å². The number of hydrogen-bond acceptors (Lipinski definition) is 1. The molecule has 10 heavy (non-hydrogen) atoms. The molecule has 1 heteroatoms. The SMILES string of the molecule is CC(C)C(C)C(C)CCN. The first-order valence-electron chi connectivity index (χ1n) is 4.29. The quantitative estimate of drug-likeness (QED) is 0.642. The maximum Gasteiger partial charge on any atom is -0.00746 e. The molecule has 0 aliphatic carbocycles. The van der Waals surface area contributed by atoms with E-state index in [1.165, 1.54) is 6.42 Å². The summed E-state index contributed by atoms with van der Waals surface area (Å²) in [7, 11) is 0. The summed E-state index contributed by atoms with van der Waals surface area (Å²) >= 11 is 0. The second kappa shape index (κ2) is 4.73. The molecule has 0 fully saturated rings. The fourth-order valence-electron chi connectivity index (χ4n) is 1.18. The maximum atomic E-state index is 5.47. The van der Waals surface area contributed by atoms with Crippen molar-refractivity contribution in [1.29, 1.82) is 0 Å². The Labute approximate surface area is 65.0 Å². The first kappa shape index (κ1) is 9.96. The molecule has 0 saturated heterocycles. The van der Waals surface area contributed by atoms with Crippen molar-refractivity contribution in [3.8, 4) is 0 Å². The third-order valence-corrected chi connectivity index (χ3v) is 2.57. The topological polar surface area (TPSA) is 26.0 Å². The molecule has 0 aromatic carbocycles. The van der Waals surface area contributed by atoms with Crippen LogP contribution in [0.25, 0.3) is 0 Å². The van der Waals surface area contributed by atoms with Crippen molar-refractivity contribution in [2.45, 2.75) is 34.1 Å². The average Bonchev–Trinajstić information content (AvgIpc) is 1.87. The Balaban J connectivity index is 3.58. The molecule has 62 valence electrons. The van der Waals surface area contributed by atoms with Crippen molar-refractivity contribution in [2.75, 3.05) is 6.54 Å². The Morgan fingerprint density at radius 1 is 1.10 bits per heavy atom. The summed E-state index contributed by atoms with van der Waals surface area (Å²) in [6, 6.07) is 0. The first-order valence-corrected chi connectivity index (χ1v) is 4.29.